The van der Waals surface area contributed by atoms with Crippen LogP contribution in [0.15, 0.2) is 23.1 Å². The van der Waals surface area contributed by atoms with E-state index in [0.29, 0.717) is 11.4 Å². The third-order valence-electron chi connectivity index (χ3n) is 4.36. The topological polar surface area (TPSA) is 46.2 Å². The van der Waals surface area contributed by atoms with Crippen LogP contribution in [0.4, 0.5) is 5.69 Å². The Labute approximate surface area is 109 Å². The molecule has 1 fully saturated rings. The van der Waals surface area contributed by atoms with Crippen LogP contribution in [-0.4, -0.2) is 19.7 Å². The first-order valence-corrected chi connectivity index (χ1v) is 8.13. The lowest BCUT2D eigenvalue weighted by molar-refractivity contribution is 0.381. The summed E-state index contributed by atoms with van der Waals surface area (Å²) in [7, 11) is -3.19. The van der Waals surface area contributed by atoms with Gasteiger partial charge in [0.05, 0.1) is 15.3 Å². The molecule has 1 N–H and O–H groups in total. The summed E-state index contributed by atoms with van der Waals surface area (Å²) in [6, 6.07) is 5.66. The Morgan fingerprint density at radius 3 is 2.61 bits per heavy atom. The normalized spacial score (nSPS) is 24.3. The van der Waals surface area contributed by atoms with Crippen LogP contribution in [0.5, 0.6) is 0 Å². The zero-order valence-electron chi connectivity index (χ0n) is 10.7. The monoisotopic (exact) mass is 265 g/mol. The molecule has 98 valence electrons. The maximum absolute atomic E-state index is 12.9. The summed E-state index contributed by atoms with van der Waals surface area (Å²) < 4.78 is 25.2. The summed E-state index contributed by atoms with van der Waals surface area (Å²) in [5.41, 5.74) is 1.78. The predicted molar refractivity (Wildman–Crippen MR) is 72.7 cm³/mol. The van der Waals surface area contributed by atoms with E-state index in [1.54, 1.807) is 0 Å². The smallest absolute Gasteiger partial charge is 0.187 e. The van der Waals surface area contributed by atoms with E-state index in [1.165, 1.54) is 0 Å². The quantitative estimate of drug-likeness (QED) is 0.784. The third-order valence-corrected chi connectivity index (χ3v) is 6.97. The fraction of sp³-hybridized carbons (Fsp3) is 0.571. The van der Waals surface area contributed by atoms with Crippen molar-refractivity contribution in [3.05, 3.63) is 23.8 Å². The van der Waals surface area contributed by atoms with Gasteiger partial charge in [-0.15, -0.1) is 0 Å². The van der Waals surface area contributed by atoms with Gasteiger partial charge in [0.25, 0.3) is 0 Å². The van der Waals surface area contributed by atoms with Crippen molar-refractivity contribution in [1.29, 1.82) is 0 Å². The van der Waals surface area contributed by atoms with E-state index in [9.17, 15) is 8.42 Å². The zero-order valence-corrected chi connectivity index (χ0v) is 11.5. The van der Waals surface area contributed by atoms with Crippen molar-refractivity contribution in [2.45, 2.75) is 48.7 Å². The number of hydrogen-bond acceptors (Lipinski definition) is 3. The molecule has 1 aromatic rings. The Balaban J connectivity index is 2.15. The van der Waals surface area contributed by atoms with Crippen molar-refractivity contribution in [3.8, 4) is 0 Å². The number of sulfone groups is 1. The summed E-state index contributed by atoms with van der Waals surface area (Å²) in [5.74, 6) is 0. The van der Waals surface area contributed by atoms with Gasteiger partial charge in [-0.25, -0.2) is 8.42 Å². The summed E-state index contributed by atoms with van der Waals surface area (Å²) in [6.45, 7) is 2.52. The van der Waals surface area contributed by atoms with Crippen molar-refractivity contribution in [3.63, 3.8) is 0 Å². The van der Waals surface area contributed by atoms with Crippen molar-refractivity contribution < 1.29 is 8.42 Å². The highest BCUT2D eigenvalue weighted by atomic mass is 32.2. The highest BCUT2D eigenvalue weighted by Crippen LogP contribution is 2.44. The molecule has 0 saturated heterocycles. The molecular formula is C14H19NO2S. The van der Waals surface area contributed by atoms with Gasteiger partial charge in [-0.1, -0.05) is 25.3 Å². The minimum absolute atomic E-state index is 0.510. The summed E-state index contributed by atoms with van der Waals surface area (Å²) >= 11 is 0. The molecule has 0 atom stereocenters. The highest BCUT2D eigenvalue weighted by Gasteiger charge is 2.48. The van der Waals surface area contributed by atoms with E-state index >= 15 is 0 Å². The minimum atomic E-state index is -3.19. The minimum Gasteiger partial charge on any atom is -0.382 e. The number of fused-ring (bicyclic) bond motifs is 1. The average Bonchev–Trinajstić information content (AvgIpc) is 2.37. The van der Waals surface area contributed by atoms with Gasteiger partial charge in [0, 0.05) is 6.54 Å². The van der Waals surface area contributed by atoms with Crippen LogP contribution in [0.2, 0.25) is 0 Å². The number of rotatable bonds is 0. The van der Waals surface area contributed by atoms with Crippen molar-refractivity contribution >= 4 is 15.5 Å². The van der Waals surface area contributed by atoms with E-state index < -0.39 is 14.6 Å². The van der Waals surface area contributed by atoms with E-state index in [2.05, 4.69) is 5.32 Å². The van der Waals surface area contributed by atoms with Gasteiger partial charge in [-0.2, -0.15) is 0 Å². The van der Waals surface area contributed by atoms with Gasteiger partial charge >= 0.3 is 0 Å². The maximum Gasteiger partial charge on any atom is 0.187 e. The van der Waals surface area contributed by atoms with Gasteiger partial charge in [-0.3, -0.25) is 0 Å². The number of hydrogen-bond donors (Lipinski definition) is 1. The Morgan fingerprint density at radius 1 is 1.17 bits per heavy atom. The molecule has 1 aromatic carbocycles. The van der Waals surface area contributed by atoms with Gasteiger partial charge in [0.1, 0.15) is 0 Å². The third kappa shape index (κ3) is 1.58. The predicted octanol–water partition coefficient (Wildman–Crippen LogP) is 2.90. The number of benzene rings is 1. The standard InChI is InChI=1S/C14H19NO2S/c1-11-5-6-12-13(9-11)18(16,17)14(10-15-12)7-3-2-4-8-14/h5-6,9,15H,2-4,7-8,10H2,1H3. The number of nitrogens with one attached hydrogen (secondary N) is 1. The van der Waals surface area contributed by atoms with Crippen LogP contribution in [0, 0.1) is 6.92 Å². The molecule has 1 aliphatic heterocycles. The van der Waals surface area contributed by atoms with Crippen LogP contribution in [0.25, 0.3) is 0 Å². The molecule has 4 heteroatoms. The van der Waals surface area contributed by atoms with Crippen molar-refractivity contribution in [1.82, 2.24) is 0 Å². The fourth-order valence-electron chi connectivity index (χ4n) is 3.22. The largest absolute Gasteiger partial charge is 0.382 e. The van der Waals surface area contributed by atoms with E-state index in [4.69, 9.17) is 0 Å². The lowest BCUT2D eigenvalue weighted by Gasteiger charge is -2.40. The second kappa shape index (κ2) is 3.98. The Kier molecular flexibility index (Phi) is 2.66. The molecule has 3 rings (SSSR count). The van der Waals surface area contributed by atoms with E-state index in [1.807, 2.05) is 25.1 Å². The molecule has 0 aromatic heterocycles. The lowest BCUT2D eigenvalue weighted by atomic mass is 9.88. The molecule has 18 heavy (non-hydrogen) atoms. The molecule has 1 heterocycles. The molecule has 3 nitrogen and oxygen atoms in total. The molecule has 1 aliphatic carbocycles. The van der Waals surface area contributed by atoms with Crippen LogP contribution in [-0.2, 0) is 9.84 Å². The summed E-state index contributed by atoms with van der Waals surface area (Å²) in [4.78, 5) is 0.510. The molecule has 2 aliphatic rings. The van der Waals surface area contributed by atoms with Crippen LogP contribution in [0.3, 0.4) is 0 Å². The first kappa shape index (κ1) is 12.0. The lowest BCUT2D eigenvalue weighted by Crippen LogP contribution is -2.49. The molecular weight excluding hydrogens is 246 g/mol. The first-order valence-electron chi connectivity index (χ1n) is 6.64. The SMILES string of the molecule is Cc1ccc2c(c1)S(=O)(=O)C1(CCCCC1)CN2. The second-order valence-corrected chi connectivity index (χ2v) is 7.91. The molecule has 1 saturated carbocycles. The molecule has 0 bridgehead atoms. The number of anilines is 1. The Bertz CT molecular complexity index is 571. The first-order chi connectivity index (χ1) is 8.55. The molecule has 0 unspecified atom stereocenters. The molecule has 1 spiro atoms. The second-order valence-electron chi connectivity index (χ2n) is 5.60. The van der Waals surface area contributed by atoms with Gasteiger partial charge in [-0.05, 0) is 37.5 Å². The maximum atomic E-state index is 12.9. The van der Waals surface area contributed by atoms with E-state index in [-0.39, 0.29) is 0 Å². The summed E-state index contributed by atoms with van der Waals surface area (Å²) in [5, 5.41) is 3.33. The van der Waals surface area contributed by atoms with Crippen LogP contribution >= 0.6 is 0 Å². The van der Waals surface area contributed by atoms with Gasteiger partial charge in [0.15, 0.2) is 9.84 Å². The highest BCUT2D eigenvalue weighted by molar-refractivity contribution is 7.93. The Morgan fingerprint density at radius 2 is 1.89 bits per heavy atom. The zero-order chi connectivity index (χ0) is 12.8. The van der Waals surface area contributed by atoms with Gasteiger partial charge in [0.2, 0.25) is 0 Å². The number of aryl methyl sites for hydroxylation is 1. The Hall–Kier alpha value is -1.03. The summed E-state index contributed by atoms with van der Waals surface area (Å²) in [6.07, 6.45) is 4.83. The fourth-order valence-corrected chi connectivity index (χ4v) is 5.55. The van der Waals surface area contributed by atoms with Crippen LogP contribution in [0.1, 0.15) is 37.7 Å². The van der Waals surface area contributed by atoms with Crippen molar-refractivity contribution in [2.24, 2.45) is 0 Å². The molecule has 0 amide bonds. The molecule has 0 radical (unpaired) electrons. The van der Waals surface area contributed by atoms with E-state index in [0.717, 1.165) is 43.4 Å². The van der Waals surface area contributed by atoms with Crippen LogP contribution < -0.4 is 5.32 Å². The van der Waals surface area contributed by atoms with Crippen molar-refractivity contribution in [2.75, 3.05) is 11.9 Å². The average molecular weight is 265 g/mol. The van der Waals surface area contributed by atoms with Gasteiger partial charge < -0.3 is 5.32 Å².